The zero-order chi connectivity index (χ0) is 23.4. The lowest BCUT2D eigenvalue weighted by molar-refractivity contribution is 0.0118. The largest absolute Gasteiger partial charge is 0.491 e. The molecular weight excluding hydrogens is 412 g/mol. The minimum atomic E-state index is -0.515. The Balaban J connectivity index is 1.45. The third kappa shape index (κ3) is 5.46. The van der Waals surface area contributed by atoms with Gasteiger partial charge >= 0.3 is 0 Å². The standard InChI is InChI=1S/C28H42N2O3/c1-4-29-20(2)28(21(3)31)26-17-25(15-16-27(26)29)33-19-24(32)18-30(22-11-7-5-8-12-22)23-13-9-6-10-14-23/h15-17,22-24,32H,4-14,18-19H2,1-3H3. The van der Waals surface area contributed by atoms with Gasteiger partial charge in [0.15, 0.2) is 5.78 Å². The summed E-state index contributed by atoms with van der Waals surface area (Å²) >= 11 is 0. The lowest BCUT2D eigenvalue weighted by Gasteiger charge is -2.42. The molecule has 2 saturated carbocycles. The van der Waals surface area contributed by atoms with Crippen LogP contribution in [0.1, 0.15) is 94.1 Å². The number of hydrogen-bond donors (Lipinski definition) is 1. The number of carbonyl (C=O) groups is 1. The molecule has 1 aromatic heterocycles. The number of hydrogen-bond acceptors (Lipinski definition) is 4. The highest BCUT2D eigenvalue weighted by Gasteiger charge is 2.30. The maximum absolute atomic E-state index is 12.3. The second kappa shape index (κ2) is 11.1. The Morgan fingerprint density at radius 1 is 1.09 bits per heavy atom. The van der Waals surface area contributed by atoms with Crippen molar-refractivity contribution in [2.45, 2.75) is 110 Å². The first kappa shape index (κ1) is 24.3. The first-order valence-corrected chi connectivity index (χ1v) is 13.2. The fourth-order valence-electron chi connectivity index (χ4n) is 6.31. The number of carbonyl (C=O) groups excluding carboxylic acids is 1. The molecule has 182 valence electrons. The Kier molecular flexibility index (Phi) is 8.13. The van der Waals surface area contributed by atoms with Crippen molar-refractivity contribution in [3.63, 3.8) is 0 Å². The van der Waals surface area contributed by atoms with E-state index in [1.54, 1.807) is 6.92 Å². The van der Waals surface area contributed by atoms with Crippen molar-refractivity contribution < 1.29 is 14.6 Å². The monoisotopic (exact) mass is 454 g/mol. The Bertz CT molecular complexity index is 920. The fraction of sp³-hybridized carbons (Fsp3) is 0.679. The Labute approximate surface area is 199 Å². The molecule has 2 aliphatic rings. The van der Waals surface area contributed by atoms with Gasteiger partial charge in [-0.2, -0.15) is 0 Å². The van der Waals surface area contributed by atoms with Crippen LogP contribution in [0.4, 0.5) is 0 Å². The quantitative estimate of drug-likeness (QED) is 0.481. The molecule has 0 amide bonds. The van der Waals surface area contributed by atoms with E-state index in [4.69, 9.17) is 4.74 Å². The molecule has 2 aliphatic carbocycles. The van der Waals surface area contributed by atoms with Crippen LogP contribution in [0.5, 0.6) is 5.75 Å². The summed E-state index contributed by atoms with van der Waals surface area (Å²) in [5.74, 6) is 0.802. The number of nitrogens with zero attached hydrogens (tertiary/aromatic N) is 2. The summed E-state index contributed by atoms with van der Waals surface area (Å²) in [7, 11) is 0. The lowest BCUT2D eigenvalue weighted by atomic mass is 9.88. The SMILES string of the molecule is CCn1c(C)c(C(C)=O)c2cc(OCC(O)CN(C3CCCCC3)C3CCCCC3)ccc21. The van der Waals surface area contributed by atoms with Crippen LogP contribution in [0.25, 0.3) is 10.9 Å². The highest BCUT2D eigenvalue weighted by atomic mass is 16.5. The molecule has 1 atom stereocenters. The molecule has 1 N–H and O–H groups in total. The van der Waals surface area contributed by atoms with E-state index in [0.717, 1.165) is 34.5 Å². The van der Waals surface area contributed by atoms with Gasteiger partial charge in [-0.1, -0.05) is 38.5 Å². The van der Waals surface area contributed by atoms with Crippen LogP contribution in [-0.2, 0) is 6.54 Å². The number of aliphatic hydroxyl groups excluding tert-OH is 1. The number of rotatable bonds is 9. The van der Waals surface area contributed by atoms with Crippen molar-refractivity contribution in [1.29, 1.82) is 0 Å². The van der Waals surface area contributed by atoms with Gasteiger partial charge < -0.3 is 14.4 Å². The van der Waals surface area contributed by atoms with Gasteiger partial charge in [-0.25, -0.2) is 0 Å². The van der Waals surface area contributed by atoms with E-state index >= 15 is 0 Å². The molecular formula is C28H42N2O3. The lowest BCUT2D eigenvalue weighted by Crippen LogP contribution is -2.49. The van der Waals surface area contributed by atoms with Gasteiger partial charge in [0, 0.05) is 47.3 Å². The van der Waals surface area contributed by atoms with Crippen LogP contribution in [0.2, 0.25) is 0 Å². The summed E-state index contributed by atoms with van der Waals surface area (Å²) in [6, 6.07) is 7.20. The number of Topliss-reactive ketones (excluding diaryl/α,β-unsaturated/α-hetero) is 1. The minimum absolute atomic E-state index is 0.0810. The van der Waals surface area contributed by atoms with Gasteiger partial charge in [0.05, 0.1) is 0 Å². The molecule has 0 saturated heterocycles. The smallest absolute Gasteiger partial charge is 0.162 e. The topological polar surface area (TPSA) is 54.7 Å². The predicted octanol–water partition coefficient (Wildman–Crippen LogP) is 5.88. The number of aryl methyl sites for hydroxylation is 1. The van der Waals surface area contributed by atoms with E-state index < -0.39 is 6.10 Å². The van der Waals surface area contributed by atoms with E-state index in [2.05, 4.69) is 16.4 Å². The number of aliphatic hydroxyl groups is 1. The second-order valence-corrected chi connectivity index (χ2v) is 10.2. The molecule has 5 heteroatoms. The summed E-state index contributed by atoms with van der Waals surface area (Å²) in [5, 5.41) is 11.9. The Morgan fingerprint density at radius 2 is 1.70 bits per heavy atom. The van der Waals surface area contributed by atoms with Gasteiger partial charge in [0.25, 0.3) is 0 Å². The highest BCUT2D eigenvalue weighted by molar-refractivity contribution is 6.08. The van der Waals surface area contributed by atoms with E-state index in [-0.39, 0.29) is 12.4 Å². The van der Waals surface area contributed by atoms with Crippen LogP contribution in [0.3, 0.4) is 0 Å². The zero-order valence-corrected chi connectivity index (χ0v) is 20.8. The summed E-state index contributed by atoms with van der Waals surface area (Å²) in [6.45, 7) is 7.54. The molecule has 2 fully saturated rings. The number of ether oxygens (including phenoxy) is 1. The third-order valence-electron chi connectivity index (χ3n) is 7.91. The van der Waals surface area contributed by atoms with Gasteiger partial charge in [0.1, 0.15) is 18.5 Å². The molecule has 0 bridgehead atoms. The molecule has 1 heterocycles. The maximum Gasteiger partial charge on any atom is 0.162 e. The van der Waals surface area contributed by atoms with Crippen LogP contribution in [0, 0.1) is 6.92 Å². The minimum Gasteiger partial charge on any atom is -0.491 e. The van der Waals surface area contributed by atoms with Crippen LogP contribution in [0.15, 0.2) is 18.2 Å². The van der Waals surface area contributed by atoms with E-state index in [1.807, 2.05) is 25.1 Å². The highest BCUT2D eigenvalue weighted by Crippen LogP contribution is 2.32. The predicted molar refractivity (Wildman–Crippen MR) is 134 cm³/mol. The number of ketones is 1. The van der Waals surface area contributed by atoms with E-state index in [0.29, 0.717) is 18.6 Å². The summed E-state index contributed by atoms with van der Waals surface area (Å²) in [5.41, 5.74) is 2.85. The van der Waals surface area contributed by atoms with Crippen molar-refractivity contribution in [1.82, 2.24) is 9.47 Å². The maximum atomic E-state index is 12.3. The van der Waals surface area contributed by atoms with E-state index in [1.165, 1.54) is 64.2 Å². The Hall–Kier alpha value is -1.85. The molecule has 0 aliphatic heterocycles. The van der Waals surface area contributed by atoms with Gasteiger partial charge in [-0.15, -0.1) is 0 Å². The van der Waals surface area contributed by atoms with Crippen molar-refractivity contribution in [2.24, 2.45) is 0 Å². The molecule has 33 heavy (non-hydrogen) atoms. The first-order chi connectivity index (χ1) is 16.0. The average molecular weight is 455 g/mol. The van der Waals surface area contributed by atoms with Crippen molar-refractivity contribution in [3.8, 4) is 5.75 Å². The zero-order valence-electron chi connectivity index (χ0n) is 20.8. The summed E-state index contributed by atoms with van der Waals surface area (Å²) < 4.78 is 8.25. The normalized spacial score (nSPS) is 19.3. The summed E-state index contributed by atoms with van der Waals surface area (Å²) in [6.07, 6.45) is 12.5. The number of fused-ring (bicyclic) bond motifs is 1. The third-order valence-corrected chi connectivity index (χ3v) is 7.91. The summed E-state index contributed by atoms with van der Waals surface area (Å²) in [4.78, 5) is 14.9. The second-order valence-electron chi connectivity index (χ2n) is 10.2. The molecule has 0 radical (unpaired) electrons. The van der Waals surface area contributed by atoms with E-state index in [9.17, 15) is 9.90 Å². The van der Waals surface area contributed by atoms with Gasteiger partial charge in [0.2, 0.25) is 0 Å². The fourth-order valence-corrected chi connectivity index (χ4v) is 6.31. The average Bonchev–Trinajstić information content (AvgIpc) is 3.12. The van der Waals surface area contributed by atoms with Gasteiger partial charge in [-0.05, 0) is 64.7 Å². The number of benzene rings is 1. The van der Waals surface area contributed by atoms with Crippen molar-refractivity contribution >= 4 is 16.7 Å². The molecule has 4 rings (SSSR count). The van der Waals surface area contributed by atoms with Crippen LogP contribution < -0.4 is 4.74 Å². The van der Waals surface area contributed by atoms with Gasteiger partial charge in [-0.3, -0.25) is 9.69 Å². The van der Waals surface area contributed by atoms with Crippen LogP contribution >= 0.6 is 0 Å². The first-order valence-electron chi connectivity index (χ1n) is 13.2. The molecule has 0 spiro atoms. The number of aromatic nitrogens is 1. The van der Waals surface area contributed by atoms with Crippen molar-refractivity contribution in [2.75, 3.05) is 13.2 Å². The molecule has 1 aromatic carbocycles. The molecule has 5 nitrogen and oxygen atoms in total. The molecule has 2 aromatic rings. The Morgan fingerprint density at radius 3 is 2.24 bits per heavy atom. The molecule has 1 unspecified atom stereocenters. The van der Waals surface area contributed by atoms with Crippen molar-refractivity contribution in [3.05, 3.63) is 29.5 Å². The van der Waals surface area contributed by atoms with Crippen LogP contribution in [-0.4, -0.2) is 51.7 Å².